The van der Waals surface area contributed by atoms with Gasteiger partial charge in [-0.3, -0.25) is 9.79 Å². The zero-order valence-corrected chi connectivity index (χ0v) is 15.4. The standard InChI is InChI=1S/C19H28N4O2/c1-5-20-19(22-11-10-21-18(24)13(2)3)23-14(4)17-12-15-8-6-7-9-16(15)25-17/h6-9,12-14H,5,10-11H2,1-4H3,(H,21,24)(H2,20,22,23). The molecule has 1 aromatic heterocycles. The number of rotatable bonds is 7. The van der Waals surface area contributed by atoms with E-state index in [4.69, 9.17) is 4.42 Å². The summed E-state index contributed by atoms with van der Waals surface area (Å²) in [5.74, 6) is 1.60. The van der Waals surface area contributed by atoms with Crippen LogP contribution in [-0.2, 0) is 4.79 Å². The molecule has 25 heavy (non-hydrogen) atoms. The summed E-state index contributed by atoms with van der Waals surface area (Å²) in [6, 6.07) is 9.98. The number of amides is 1. The van der Waals surface area contributed by atoms with Gasteiger partial charge in [0.25, 0.3) is 0 Å². The largest absolute Gasteiger partial charge is 0.459 e. The second-order valence-electron chi connectivity index (χ2n) is 6.26. The van der Waals surface area contributed by atoms with Crippen LogP contribution in [0.15, 0.2) is 39.7 Å². The van der Waals surface area contributed by atoms with E-state index in [0.29, 0.717) is 19.0 Å². The first-order valence-corrected chi connectivity index (χ1v) is 8.82. The second-order valence-corrected chi connectivity index (χ2v) is 6.26. The monoisotopic (exact) mass is 344 g/mol. The summed E-state index contributed by atoms with van der Waals surface area (Å²) in [6.07, 6.45) is 0. The zero-order valence-electron chi connectivity index (χ0n) is 15.4. The Kier molecular flexibility index (Phi) is 6.86. The van der Waals surface area contributed by atoms with Crippen LogP contribution in [0, 0.1) is 5.92 Å². The molecule has 6 heteroatoms. The van der Waals surface area contributed by atoms with E-state index in [-0.39, 0.29) is 17.9 Å². The van der Waals surface area contributed by atoms with E-state index in [9.17, 15) is 4.79 Å². The van der Waals surface area contributed by atoms with Crippen molar-refractivity contribution in [3.05, 3.63) is 36.1 Å². The predicted molar refractivity (Wildman–Crippen MR) is 102 cm³/mol. The third-order valence-corrected chi connectivity index (χ3v) is 3.77. The maximum atomic E-state index is 11.6. The number of carbonyl (C=O) groups is 1. The highest BCUT2D eigenvalue weighted by atomic mass is 16.3. The first-order chi connectivity index (χ1) is 12.0. The van der Waals surface area contributed by atoms with E-state index < -0.39 is 0 Å². The van der Waals surface area contributed by atoms with Crippen molar-refractivity contribution in [2.24, 2.45) is 10.9 Å². The minimum Gasteiger partial charge on any atom is -0.459 e. The Balaban J connectivity index is 1.94. The molecule has 0 saturated heterocycles. The molecule has 1 aromatic carbocycles. The van der Waals surface area contributed by atoms with Gasteiger partial charge in [-0.2, -0.15) is 0 Å². The van der Waals surface area contributed by atoms with Crippen LogP contribution >= 0.6 is 0 Å². The van der Waals surface area contributed by atoms with E-state index in [0.717, 1.165) is 23.3 Å². The van der Waals surface area contributed by atoms with Crippen molar-refractivity contribution >= 4 is 22.8 Å². The molecule has 0 radical (unpaired) electrons. The fourth-order valence-corrected chi connectivity index (χ4v) is 2.36. The van der Waals surface area contributed by atoms with Crippen molar-refractivity contribution < 1.29 is 9.21 Å². The highest BCUT2D eigenvalue weighted by molar-refractivity contribution is 5.81. The molecule has 1 heterocycles. The Bertz CT molecular complexity index is 688. The van der Waals surface area contributed by atoms with Gasteiger partial charge in [0.2, 0.25) is 5.91 Å². The quantitative estimate of drug-likeness (QED) is 0.410. The Morgan fingerprint density at radius 1 is 1.20 bits per heavy atom. The van der Waals surface area contributed by atoms with Crippen molar-refractivity contribution in [2.45, 2.75) is 33.7 Å². The maximum absolute atomic E-state index is 11.6. The minimum atomic E-state index is -0.0181. The average Bonchev–Trinajstić information content (AvgIpc) is 3.02. The number of aliphatic imine (C=N–C) groups is 1. The molecule has 2 aromatic rings. The number of fused-ring (bicyclic) bond motifs is 1. The van der Waals surface area contributed by atoms with Gasteiger partial charge in [-0.15, -0.1) is 0 Å². The third-order valence-electron chi connectivity index (χ3n) is 3.77. The summed E-state index contributed by atoms with van der Waals surface area (Å²) in [6.45, 7) is 9.59. The van der Waals surface area contributed by atoms with Gasteiger partial charge in [-0.1, -0.05) is 32.0 Å². The lowest BCUT2D eigenvalue weighted by Gasteiger charge is -2.16. The first-order valence-electron chi connectivity index (χ1n) is 8.82. The average molecular weight is 344 g/mol. The van der Waals surface area contributed by atoms with E-state index in [1.165, 1.54) is 0 Å². The second kappa shape index (κ2) is 9.11. The molecule has 1 unspecified atom stereocenters. The third kappa shape index (κ3) is 5.52. The lowest BCUT2D eigenvalue weighted by Crippen LogP contribution is -2.39. The Labute approximate surface area is 149 Å². The van der Waals surface area contributed by atoms with E-state index in [1.807, 2.05) is 58.0 Å². The number of hydrogen-bond acceptors (Lipinski definition) is 3. The van der Waals surface area contributed by atoms with Gasteiger partial charge in [0.15, 0.2) is 5.96 Å². The fourth-order valence-electron chi connectivity index (χ4n) is 2.36. The molecule has 0 aliphatic rings. The van der Waals surface area contributed by atoms with Gasteiger partial charge in [0.1, 0.15) is 11.3 Å². The number of nitrogens with zero attached hydrogens (tertiary/aromatic N) is 1. The number of carbonyl (C=O) groups excluding carboxylic acids is 1. The maximum Gasteiger partial charge on any atom is 0.222 e. The van der Waals surface area contributed by atoms with Crippen molar-refractivity contribution in [3.8, 4) is 0 Å². The fraction of sp³-hybridized carbons (Fsp3) is 0.474. The van der Waals surface area contributed by atoms with E-state index in [1.54, 1.807) is 0 Å². The smallest absolute Gasteiger partial charge is 0.222 e. The highest BCUT2D eigenvalue weighted by Gasteiger charge is 2.13. The Morgan fingerprint density at radius 2 is 1.96 bits per heavy atom. The molecule has 6 nitrogen and oxygen atoms in total. The molecule has 0 spiro atoms. The van der Waals surface area contributed by atoms with E-state index >= 15 is 0 Å². The molecule has 136 valence electrons. The van der Waals surface area contributed by atoms with Gasteiger partial charge in [-0.05, 0) is 26.0 Å². The molecular weight excluding hydrogens is 316 g/mol. The van der Waals surface area contributed by atoms with Crippen LogP contribution in [0.5, 0.6) is 0 Å². The lowest BCUT2D eigenvalue weighted by atomic mass is 10.2. The van der Waals surface area contributed by atoms with Crippen molar-refractivity contribution in [1.82, 2.24) is 16.0 Å². The number of guanidine groups is 1. The van der Waals surface area contributed by atoms with Gasteiger partial charge < -0.3 is 20.4 Å². The molecule has 0 fully saturated rings. The number of furan rings is 1. The Hall–Kier alpha value is -2.50. The van der Waals surface area contributed by atoms with Crippen LogP contribution < -0.4 is 16.0 Å². The highest BCUT2D eigenvalue weighted by Crippen LogP contribution is 2.23. The van der Waals surface area contributed by atoms with Crippen LogP contribution in [0.2, 0.25) is 0 Å². The molecule has 2 rings (SSSR count). The normalized spacial score (nSPS) is 13.1. The van der Waals surface area contributed by atoms with Crippen molar-refractivity contribution in [3.63, 3.8) is 0 Å². The summed E-state index contributed by atoms with van der Waals surface area (Å²) in [7, 11) is 0. The van der Waals surface area contributed by atoms with Gasteiger partial charge >= 0.3 is 0 Å². The Morgan fingerprint density at radius 3 is 2.64 bits per heavy atom. The molecule has 1 atom stereocenters. The molecule has 0 aliphatic carbocycles. The number of benzene rings is 1. The topological polar surface area (TPSA) is 78.7 Å². The number of nitrogens with one attached hydrogen (secondary N) is 3. The molecule has 0 aliphatic heterocycles. The van der Waals surface area contributed by atoms with Crippen molar-refractivity contribution in [2.75, 3.05) is 19.6 Å². The molecular formula is C19H28N4O2. The summed E-state index contributed by atoms with van der Waals surface area (Å²) in [4.78, 5) is 16.1. The van der Waals surface area contributed by atoms with Crippen LogP contribution in [0.4, 0.5) is 0 Å². The first kappa shape index (κ1) is 18.8. The van der Waals surface area contributed by atoms with Crippen LogP contribution in [0.25, 0.3) is 11.0 Å². The molecule has 1 amide bonds. The SMILES string of the molecule is CCNC(=NCCNC(=O)C(C)C)NC(C)c1cc2ccccc2o1. The molecule has 0 bridgehead atoms. The van der Waals surface area contributed by atoms with Crippen LogP contribution in [0.1, 0.15) is 39.5 Å². The summed E-state index contributed by atoms with van der Waals surface area (Å²) < 4.78 is 5.89. The lowest BCUT2D eigenvalue weighted by molar-refractivity contribution is -0.123. The number of para-hydroxylation sites is 1. The summed E-state index contributed by atoms with van der Waals surface area (Å²) in [5, 5.41) is 10.5. The van der Waals surface area contributed by atoms with Crippen LogP contribution in [0.3, 0.4) is 0 Å². The zero-order chi connectivity index (χ0) is 18.2. The summed E-state index contributed by atoms with van der Waals surface area (Å²) >= 11 is 0. The van der Waals surface area contributed by atoms with Crippen molar-refractivity contribution in [1.29, 1.82) is 0 Å². The van der Waals surface area contributed by atoms with Crippen LogP contribution in [-0.4, -0.2) is 31.5 Å². The van der Waals surface area contributed by atoms with Gasteiger partial charge in [-0.25, -0.2) is 0 Å². The minimum absolute atomic E-state index is 0.0107. The molecule has 3 N–H and O–H groups in total. The summed E-state index contributed by atoms with van der Waals surface area (Å²) in [5.41, 5.74) is 0.879. The predicted octanol–water partition coefficient (Wildman–Crippen LogP) is 2.82. The molecule has 0 saturated carbocycles. The van der Waals surface area contributed by atoms with Gasteiger partial charge in [0.05, 0.1) is 12.6 Å². The number of hydrogen-bond donors (Lipinski definition) is 3. The van der Waals surface area contributed by atoms with E-state index in [2.05, 4.69) is 20.9 Å². The van der Waals surface area contributed by atoms with Gasteiger partial charge in [0, 0.05) is 24.4 Å².